The van der Waals surface area contributed by atoms with Crippen molar-refractivity contribution in [3.63, 3.8) is 0 Å². The quantitative estimate of drug-likeness (QED) is 0.105. The highest BCUT2D eigenvalue weighted by Gasteiger charge is 2.42. The Bertz CT molecular complexity index is 2130. The van der Waals surface area contributed by atoms with Crippen LogP contribution in [0.5, 0.6) is 17.2 Å². The van der Waals surface area contributed by atoms with E-state index in [0.29, 0.717) is 40.5 Å². The van der Waals surface area contributed by atoms with E-state index in [2.05, 4.69) is 25.1 Å². The number of nitrogen functional groups attached to an aromatic ring is 1. The van der Waals surface area contributed by atoms with Crippen molar-refractivity contribution >= 4 is 35.1 Å². The van der Waals surface area contributed by atoms with Gasteiger partial charge in [0.25, 0.3) is 11.8 Å². The predicted octanol–water partition coefficient (Wildman–Crippen LogP) is 5.08. The standard InChI is InChI=1S/C43H49N9O5/c1-2-36(40(46)53)52-42(54)34-19-18-32(21-35(34)43(52)55)57-33-23-51(24-33)29-14-12-28(13-15-29)50-20-6-7-27(22-50)49-41-37(39(45)47-25-48-41)38(44)26-10-16-31(17-11-26)56-30-8-4-3-5-9-30/h3-5,8-11,16-19,21,25,27-29,33,36,44H,2,6-7,12-15,20,22-24H2,1H3,(H2,46,53)(H3,45,47,48,49). The summed E-state index contributed by atoms with van der Waals surface area (Å²) in [5.41, 5.74) is 13.8. The van der Waals surface area contributed by atoms with Crippen molar-refractivity contribution in [3.8, 4) is 17.2 Å². The first-order chi connectivity index (χ1) is 27.7. The van der Waals surface area contributed by atoms with Crippen LogP contribution in [-0.4, -0.2) is 105 Å². The van der Waals surface area contributed by atoms with Crippen LogP contribution in [0.3, 0.4) is 0 Å². The van der Waals surface area contributed by atoms with Gasteiger partial charge >= 0.3 is 0 Å². The highest BCUT2D eigenvalue weighted by molar-refractivity contribution is 6.23. The molecule has 57 heavy (non-hydrogen) atoms. The largest absolute Gasteiger partial charge is 0.488 e. The Morgan fingerprint density at radius 2 is 1.53 bits per heavy atom. The lowest BCUT2D eigenvalue weighted by Crippen LogP contribution is -2.59. The summed E-state index contributed by atoms with van der Waals surface area (Å²) >= 11 is 0. The van der Waals surface area contributed by atoms with Crippen molar-refractivity contribution in [1.82, 2.24) is 24.7 Å². The fourth-order valence-corrected chi connectivity index (χ4v) is 8.79. The fourth-order valence-electron chi connectivity index (χ4n) is 8.79. The number of aromatic nitrogens is 2. The Morgan fingerprint density at radius 3 is 2.23 bits per heavy atom. The minimum absolute atomic E-state index is 0.00208. The van der Waals surface area contributed by atoms with E-state index in [0.717, 1.165) is 75.4 Å². The Morgan fingerprint density at radius 1 is 0.860 bits per heavy atom. The second-order valence-corrected chi connectivity index (χ2v) is 15.4. The van der Waals surface area contributed by atoms with Crippen molar-refractivity contribution in [3.05, 3.63) is 101 Å². The summed E-state index contributed by atoms with van der Waals surface area (Å²) in [7, 11) is 0. The summed E-state index contributed by atoms with van der Waals surface area (Å²) in [6, 6.07) is 22.1. The summed E-state index contributed by atoms with van der Waals surface area (Å²) in [5.74, 6) is 1.12. The van der Waals surface area contributed by atoms with Gasteiger partial charge in [-0.3, -0.25) is 34.5 Å². The number of amides is 3. The predicted molar refractivity (Wildman–Crippen MR) is 216 cm³/mol. The number of carbonyl (C=O) groups excluding carboxylic acids is 3. The summed E-state index contributed by atoms with van der Waals surface area (Å²) in [5, 5.41) is 12.7. The average molecular weight is 772 g/mol. The Labute approximate surface area is 332 Å². The topological polar surface area (TPSA) is 193 Å². The van der Waals surface area contributed by atoms with Crippen molar-refractivity contribution in [1.29, 1.82) is 5.41 Å². The smallest absolute Gasteiger partial charge is 0.262 e. The summed E-state index contributed by atoms with van der Waals surface area (Å²) in [4.78, 5) is 52.8. The van der Waals surface area contributed by atoms with Crippen molar-refractivity contribution < 1.29 is 23.9 Å². The van der Waals surface area contributed by atoms with E-state index in [9.17, 15) is 14.4 Å². The van der Waals surface area contributed by atoms with Gasteiger partial charge in [0, 0.05) is 43.3 Å². The number of para-hydroxylation sites is 1. The maximum atomic E-state index is 13.1. The van der Waals surface area contributed by atoms with Gasteiger partial charge in [-0.25, -0.2) is 9.97 Å². The SMILES string of the molecule is CCC(C(N)=O)N1C(=O)c2ccc(OC3CN(C4CCC(N5CCCC(Nc6ncnc(N)c6C(=N)c6ccc(Oc7ccccc7)cc6)C5)CC4)C3)cc2C1=O. The molecule has 14 nitrogen and oxygen atoms in total. The third kappa shape index (κ3) is 7.92. The molecule has 14 heteroatoms. The molecule has 2 unspecified atom stereocenters. The minimum atomic E-state index is -0.971. The van der Waals surface area contributed by atoms with Gasteiger partial charge in [0.2, 0.25) is 5.91 Å². The summed E-state index contributed by atoms with van der Waals surface area (Å²) in [6.07, 6.45) is 8.29. The van der Waals surface area contributed by atoms with E-state index >= 15 is 0 Å². The molecule has 8 rings (SSSR count). The molecule has 1 aromatic heterocycles. The molecule has 3 amide bonds. The molecule has 296 valence electrons. The van der Waals surface area contributed by atoms with Gasteiger partial charge in [-0.05, 0) is 106 Å². The Balaban J connectivity index is 0.817. The fraction of sp³-hybridized carbons (Fsp3) is 0.395. The van der Waals surface area contributed by atoms with Crippen LogP contribution in [0.15, 0.2) is 79.1 Å². The van der Waals surface area contributed by atoms with E-state index in [-0.39, 0.29) is 41.2 Å². The molecule has 3 aromatic carbocycles. The molecule has 3 aliphatic heterocycles. The molecule has 6 N–H and O–H groups in total. The zero-order chi connectivity index (χ0) is 39.6. The molecule has 1 aliphatic carbocycles. The molecular weight excluding hydrogens is 723 g/mol. The van der Waals surface area contributed by atoms with Crippen LogP contribution in [0.1, 0.15) is 83.7 Å². The number of imide groups is 1. The van der Waals surface area contributed by atoms with Gasteiger partial charge in [-0.2, -0.15) is 0 Å². The molecule has 2 saturated heterocycles. The van der Waals surface area contributed by atoms with Crippen LogP contribution in [0.4, 0.5) is 11.6 Å². The lowest BCUT2D eigenvalue weighted by molar-refractivity contribution is -0.121. The number of ether oxygens (including phenoxy) is 2. The van der Waals surface area contributed by atoms with Crippen LogP contribution in [0, 0.1) is 5.41 Å². The molecule has 3 fully saturated rings. The van der Waals surface area contributed by atoms with Crippen LogP contribution < -0.4 is 26.3 Å². The third-order valence-corrected chi connectivity index (χ3v) is 11.8. The molecule has 1 saturated carbocycles. The lowest BCUT2D eigenvalue weighted by atomic mass is 9.86. The number of hydrogen-bond donors (Lipinski definition) is 4. The van der Waals surface area contributed by atoms with E-state index < -0.39 is 23.8 Å². The Hall–Kier alpha value is -5.86. The number of carbonyl (C=O) groups is 3. The number of likely N-dealkylation sites (tertiary alicyclic amines) is 2. The highest BCUT2D eigenvalue weighted by atomic mass is 16.5. The second-order valence-electron chi connectivity index (χ2n) is 15.4. The van der Waals surface area contributed by atoms with Gasteiger partial charge in [0.05, 0.1) is 22.4 Å². The number of nitrogens with two attached hydrogens (primary N) is 2. The number of primary amides is 1. The zero-order valence-electron chi connectivity index (χ0n) is 32.1. The summed E-state index contributed by atoms with van der Waals surface area (Å²) in [6.45, 7) is 5.30. The number of piperidine rings is 1. The molecule has 0 spiro atoms. The molecule has 0 bridgehead atoms. The zero-order valence-corrected chi connectivity index (χ0v) is 32.1. The molecule has 4 aromatic rings. The van der Waals surface area contributed by atoms with Gasteiger partial charge in [-0.15, -0.1) is 0 Å². The molecular formula is C43H49N9O5. The second kappa shape index (κ2) is 16.3. The van der Waals surface area contributed by atoms with E-state index in [1.807, 2.05) is 54.6 Å². The number of anilines is 2. The maximum Gasteiger partial charge on any atom is 0.262 e. The normalized spacial score (nSPS) is 22.1. The van der Waals surface area contributed by atoms with Gasteiger partial charge in [0.15, 0.2) is 0 Å². The van der Waals surface area contributed by atoms with Crippen molar-refractivity contribution in [2.45, 2.75) is 82.1 Å². The highest BCUT2D eigenvalue weighted by Crippen LogP contribution is 2.34. The van der Waals surface area contributed by atoms with E-state index in [1.165, 1.54) is 6.33 Å². The molecule has 0 radical (unpaired) electrons. The van der Waals surface area contributed by atoms with Gasteiger partial charge in [-0.1, -0.05) is 25.1 Å². The minimum Gasteiger partial charge on any atom is -0.488 e. The number of hydrogen-bond acceptors (Lipinski definition) is 12. The number of rotatable bonds is 13. The monoisotopic (exact) mass is 771 g/mol. The van der Waals surface area contributed by atoms with Gasteiger partial charge in [0.1, 0.15) is 47.4 Å². The average Bonchev–Trinajstić information content (AvgIpc) is 3.45. The number of benzene rings is 3. The molecule has 4 heterocycles. The van der Waals surface area contributed by atoms with Gasteiger partial charge < -0.3 is 26.3 Å². The van der Waals surface area contributed by atoms with E-state index in [4.69, 9.17) is 26.4 Å². The summed E-state index contributed by atoms with van der Waals surface area (Å²) < 4.78 is 12.2. The number of nitrogens with one attached hydrogen (secondary N) is 2. The van der Waals surface area contributed by atoms with Crippen molar-refractivity contribution in [2.24, 2.45) is 5.73 Å². The third-order valence-electron chi connectivity index (χ3n) is 11.8. The molecule has 2 atom stereocenters. The van der Waals surface area contributed by atoms with Crippen LogP contribution in [0.2, 0.25) is 0 Å². The van der Waals surface area contributed by atoms with Crippen molar-refractivity contribution in [2.75, 3.05) is 37.2 Å². The first-order valence-electron chi connectivity index (χ1n) is 19.9. The number of fused-ring (bicyclic) bond motifs is 1. The number of nitrogens with zero attached hydrogens (tertiary/aromatic N) is 5. The lowest BCUT2D eigenvalue weighted by Gasteiger charge is -2.48. The Kier molecular flexibility index (Phi) is 10.9. The van der Waals surface area contributed by atoms with Crippen LogP contribution >= 0.6 is 0 Å². The maximum absolute atomic E-state index is 13.1. The first kappa shape index (κ1) is 38.0. The van der Waals surface area contributed by atoms with Crippen LogP contribution in [-0.2, 0) is 4.79 Å². The first-order valence-corrected chi connectivity index (χ1v) is 19.9. The van der Waals surface area contributed by atoms with Crippen LogP contribution in [0.25, 0.3) is 0 Å². The molecule has 4 aliphatic rings. The van der Waals surface area contributed by atoms with E-state index in [1.54, 1.807) is 25.1 Å².